The van der Waals surface area contributed by atoms with Gasteiger partial charge in [0.15, 0.2) is 11.5 Å². The smallest absolute Gasteiger partial charge is 0.270 e. The Balaban J connectivity index is 1.79. The SMILES string of the molecule is CCCn1nc(NC(=O)c2cccc([N+](=O)[O-])c2)c2cc3cc(C)ccc3nc21. The lowest BCUT2D eigenvalue weighted by atomic mass is 10.1. The van der Waals surface area contributed by atoms with Crippen LogP contribution in [0.5, 0.6) is 0 Å². The van der Waals surface area contributed by atoms with Crippen molar-refractivity contribution < 1.29 is 9.72 Å². The van der Waals surface area contributed by atoms with Gasteiger partial charge in [-0.25, -0.2) is 9.67 Å². The fourth-order valence-electron chi connectivity index (χ4n) is 3.28. The molecule has 0 radical (unpaired) electrons. The molecule has 0 fully saturated rings. The number of amides is 1. The van der Waals surface area contributed by atoms with E-state index in [0.717, 1.165) is 28.3 Å². The van der Waals surface area contributed by atoms with Crippen molar-refractivity contribution in [2.45, 2.75) is 26.8 Å². The number of carbonyl (C=O) groups excluding carboxylic acids is 1. The van der Waals surface area contributed by atoms with Crippen molar-refractivity contribution >= 4 is 39.3 Å². The molecular formula is C21H19N5O3. The molecule has 0 spiro atoms. The average Bonchev–Trinajstić information content (AvgIpc) is 3.03. The first-order valence-corrected chi connectivity index (χ1v) is 9.30. The number of carbonyl (C=O) groups is 1. The van der Waals surface area contributed by atoms with Crippen LogP contribution in [0.1, 0.15) is 29.3 Å². The summed E-state index contributed by atoms with van der Waals surface area (Å²) in [5.74, 6) is -0.0676. The second-order valence-electron chi connectivity index (χ2n) is 6.89. The summed E-state index contributed by atoms with van der Waals surface area (Å²) in [7, 11) is 0. The molecule has 1 amide bonds. The number of hydrogen-bond acceptors (Lipinski definition) is 5. The standard InChI is InChI=1S/C21H19N5O3/c1-3-9-25-20-17(12-15-10-13(2)7-8-18(15)22-20)19(24-25)23-21(27)14-5-4-6-16(11-14)26(28)29/h4-8,10-12H,3,9H2,1-2H3,(H,23,24,27). The minimum Gasteiger partial charge on any atom is -0.304 e. The van der Waals surface area contributed by atoms with Crippen LogP contribution < -0.4 is 5.32 Å². The Kier molecular flexibility index (Phi) is 4.67. The number of hydrogen-bond donors (Lipinski definition) is 1. The number of rotatable bonds is 5. The van der Waals surface area contributed by atoms with Crippen molar-refractivity contribution in [1.82, 2.24) is 14.8 Å². The van der Waals surface area contributed by atoms with Crippen molar-refractivity contribution in [3.63, 3.8) is 0 Å². The molecule has 1 N–H and O–H groups in total. The van der Waals surface area contributed by atoms with Crippen LogP contribution in [0, 0.1) is 17.0 Å². The van der Waals surface area contributed by atoms with Crippen molar-refractivity contribution in [1.29, 1.82) is 0 Å². The number of nitro groups is 1. The first-order chi connectivity index (χ1) is 14.0. The molecule has 0 aliphatic rings. The number of non-ortho nitro benzene ring substituents is 1. The van der Waals surface area contributed by atoms with E-state index in [-0.39, 0.29) is 11.3 Å². The van der Waals surface area contributed by atoms with Gasteiger partial charge in [0.2, 0.25) is 0 Å². The zero-order valence-electron chi connectivity index (χ0n) is 16.0. The second kappa shape index (κ2) is 7.31. The normalized spacial score (nSPS) is 11.1. The summed E-state index contributed by atoms with van der Waals surface area (Å²) in [6.07, 6.45) is 0.864. The van der Waals surface area contributed by atoms with Gasteiger partial charge in [-0.05, 0) is 37.6 Å². The van der Waals surface area contributed by atoms with E-state index >= 15 is 0 Å². The number of aromatic nitrogens is 3. The average molecular weight is 389 g/mol. The molecule has 0 saturated heterocycles. The number of aryl methyl sites for hydroxylation is 2. The van der Waals surface area contributed by atoms with Gasteiger partial charge in [0, 0.05) is 29.6 Å². The summed E-state index contributed by atoms with van der Waals surface area (Å²) in [4.78, 5) is 27.9. The minimum atomic E-state index is -0.527. The third-order valence-electron chi connectivity index (χ3n) is 4.66. The van der Waals surface area contributed by atoms with E-state index in [1.165, 1.54) is 24.3 Å². The molecule has 0 atom stereocenters. The number of nitrogens with zero attached hydrogens (tertiary/aromatic N) is 4. The monoisotopic (exact) mass is 389 g/mol. The van der Waals surface area contributed by atoms with Gasteiger partial charge in [-0.3, -0.25) is 14.9 Å². The molecule has 0 aliphatic carbocycles. The maximum atomic E-state index is 12.7. The Morgan fingerprint density at radius 3 is 2.79 bits per heavy atom. The largest absolute Gasteiger partial charge is 0.304 e. The van der Waals surface area contributed by atoms with Gasteiger partial charge in [0.05, 0.1) is 15.8 Å². The Morgan fingerprint density at radius 1 is 1.21 bits per heavy atom. The van der Waals surface area contributed by atoms with Crippen molar-refractivity contribution in [3.05, 3.63) is 69.8 Å². The van der Waals surface area contributed by atoms with E-state index in [4.69, 9.17) is 4.98 Å². The van der Waals surface area contributed by atoms with Gasteiger partial charge in [-0.2, -0.15) is 5.10 Å². The molecular weight excluding hydrogens is 370 g/mol. The van der Waals surface area contributed by atoms with E-state index in [0.29, 0.717) is 18.0 Å². The van der Waals surface area contributed by atoms with Crippen LogP contribution in [-0.4, -0.2) is 25.6 Å². The van der Waals surface area contributed by atoms with Crippen LogP contribution in [0.25, 0.3) is 21.9 Å². The zero-order valence-corrected chi connectivity index (χ0v) is 16.0. The summed E-state index contributed by atoms with van der Waals surface area (Å²) in [6.45, 7) is 4.71. The maximum absolute atomic E-state index is 12.7. The number of benzene rings is 2. The maximum Gasteiger partial charge on any atom is 0.270 e. The number of nitro benzene ring substituents is 1. The molecule has 0 unspecified atom stereocenters. The highest BCUT2D eigenvalue weighted by Gasteiger charge is 2.17. The molecule has 0 aliphatic heterocycles. The fraction of sp³-hybridized carbons (Fsp3) is 0.190. The first-order valence-electron chi connectivity index (χ1n) is 9.30. The number of nitrogens with one attached hydrogen (secondary N) is 1. The number of pyridine rings is 1. The van der Waals surface area contributed by atoms with Gasteiger partial charge >= 0.3 is 0 Å². The molecule has 0 saturated carbocycles. The van der Waals surface area contributed by atoms with Crippen LogP contribution in [0.15, 0.2) is 48.5 Å². The van der Waals surface area contributed by atoms with Crippen molar-refractivity contribution in [2.24, 2.45) is 0 Å². The van der Waals surface area contributed by atoms with Gasteiger partial charge in [0.25, 0.3) is 11.6 Å². The Morgan fingerprint density at radius 2 is 2.03 bits per heavy atom. The van der Waals surface area contributed by atoms with Gasteiger partial charge in [-0.1, -0.05) is 24.6 Å². The topological polar surface area (TPSA) is 103 Å². The van der Waals surface area contributed by atoms with Crippen LogP contribution in [0.2, 0.25) is 0 Å². The fourth-order valence-corrected chi connectivity index (χ4v) is 3.28. The van der Waals surface area contributed by atoms with Gasteiger partial charge < -0.3 is 5.32 Å². The molecule has 2 heterocycles. The van der Waals surface area contributed by atoms with Gasteiger partial charge in [0.1, 0.15) is 0 Å². The molecule has 2 aromatic heterocycles. The predicted octanol–water partition coefficient (Wildman–Crippen LogP) is 4.46. The quantitative estimate of drug-likeness (QED) is 0.401. The first kappa shape index (κ1) is 18.5. The zero-order chi connectivity index (χ0) is 20.5. The molecule has 29 heavy (non-hydrogen) atoms. The van der Waals surface area contributed by atoms with Crippen molar-refractivity contribution in [2.75, 3.05) is 5.32 Å². The van der Waals surface area contributed by atoms with E-state index in [9.17, 15) is 14.9 Å². The van der Waals surface area contributed by atoms with Crippen LogP contribution in [0.3, 0.4) is 0 Å². The van der Waals surface area contributed by atoms with E-state index in [1.807, 2.05) is 38.1 Å². The summed E-state index contributed by atoms with van der Waals surface area (Å²) >= 11 is 0. The highest BCUT2D eigenvalue weighted by molar-refractivity contribution is 6.09. The minimum absolute atomic E-state index is 0.137. The molecule has 8 nitrogen and oxygen atoms in total. The molecule has 146 valence electrons. The summed E-state index contributed by atoms with van der Waals surface area (Å²) in [5.41, 5.74) is 2.72. The molecule has 2 aromatic carbocycles. The van der Waals surface area contributed by atoms with Crippen LogP contribution in [-0.2, 0) is 6.54 Å². The molecule has 0 bridgehead atoms. The van der Waals surface area contributed by atoms with Gasteiger partial charge in [-0.15, -0.1) is 0 Å². The lowest BCUT2D eigenvalue weighted by Gasteiger charge is -2.04. The van der Waals surface area contributed by atoms with E-state index in [2.05, 4.69) is 10.4 Å². The third kappa shape index (κ3) is 3.52. The second-order valence-corrected chi connectivity index (χ2v) is 6.89. The highest BCUT2D eigenvalue weighted by Crippen LogP contribution is 2.27. The summed E-state index contributed by atoms with van der Waals surface area (Å²) < 4.78 is 1.78. The molecule has 4 aromatic rings. The summed E-state index contributed by atoms with van der Waals surface area (Å²) in [5, 5.41) is 20.0. The van der Waals surface area contributed by atoms with Crippen LogP contribution in [0.4, 0.5) is 11.5 Å². The van der Waals surface area contributed by atoms with E-state index in [1.54, 1.807) is 4.68 Å². The van der Waals surface area contributed by atoms with Crippen molar-refractivity contribution in [3.8, 4) is 0 Å². The Labute approximate surface area is 166 Å². The molecule has 8 heteroatoms. The lowest BCUT2D eigenvalue weighted by Crippen LogP contribution is -2.13. The van der Waals surface area contributed by atoms with E-state index < -0.39 is 10.8 Å². The Bertz CT molecular complexity index is 1260. The highest BCUT2D eigenvalue weighted by atomic mass is 16.6. The predicted molar refractivity (Wildman–Crippen MR) is 111 cm³/mol. The molecule has 4 rings (SSSR count). The number of anilines is 1. The van der Waals surface area contributed by atoms with Crippen LogP contribution >= 0.6 is 0 Å². The Hall–Kier alpha value is -3.81. The number of fused-ring (bicyclic) bond motifs is 2. The third-order valence-corrected chi connectivity index (χ3v) is 4.66. The lowest BCUT2D eigenvalue weighted by molar-refractivity contribution is -0.384. The summed E-state index contributed by atoms with van der Waals surface area (Å²) in [6, 6.07) is 13.6.